The maximum atomic E-state index is 11.4. The summed E-state index contributed by atoms with van der Waals surface area (Å²) in [6.45, 7) is 9.61. The van der Waals surface area contributed by atoms with Gasteiger partial charge in [-0.25, -0.2) is 0 Å². The molecule has 0 fully saturated rings. The van der Waals surface area contributed by atoms with E-state index < -0.39 is 0 Å². The van der Waals surface area contributed by atoms with Gasteiger partial charge < -0.3 is 5.32 Å². The topological polar surface area (TPSA) is 29.1 Å². The molecule has 0 amide bonds. The molecule has 2 nitrogen and oxygen atoms in total. The largest absolute Gasteiger partial charge is 0.310 e. The van der Waals surface area contributed by atoms with Gasteiger partial charge in [0.05, 0.1) is 6.04 Å². The summed E-state index contributed by atoms with van der Waals surface area (Å²) in [6.07, 6.45) is 0.877. The Hall–Kier alpha value is -0.630. The van der Waals surface area contributed by atoms with Gasteiger partial charge in [-0.2, -0.15) is 0 Å². The maximum absolute atomic E-state index is 11.4. The van der Waals surface area contributed by atoms with Crippen LogP contribution in [-0.4, -0.2) is 18.9 Å². The summed E-state index contributed by atoms with van der Waals surface area (Å²) in [4.78, 5) is 11.4. The Morgan fingerprint density at radius 1 is 1.50 bits per heavy atom. The smallest absolute Gasteiger partial charge is 0.174 e. The first kappa shape index (κ1) is 11.4. The maximum Gasteiger partial charge on any atom is 0.174 e. The van der Waals surface area contributed by atoms with E-state index in [9.17, 15) is 4.79 Å². The zero-order valence-corrected chi connectivity index (χ0v) is 8.48. The number of nitrogens with one attached hydrogen (secondary N) is 1. The number of likely N-dealkylation sites (N-methyl/N-ethyl adjacent to an activating group) is 1. The first-order chi connectivity index (χ1) is 5.49. The fourth-order valence-corrected chi connectivity index (χ4v) is 1.12. The van der Waals surface area contributed by atoms with Gasteiger partial charge >= 0.3 is 0 Å². The summed E-state index contributed by atoms with van der Waals surface area (Å²) >= 11 is 0. The van der Waals surface area contributed by atoms with Crippen molar-refractivity contribution in [2.24, 2.45) is 5.92 Å². The monoisotopic (exact) mass is 169 g/mol. The molecule has 2 heteroatoms. The lowest BCUT2D eigenvalue weighted by Gasteiger charge is -2.16. The quantitative estimate of drug-likeness (QED) is 0.635. The van der Waals surface area contributed by atoms with Crippen molar-refractivity contribution in [1.29, 1.82) is 0 Å². The van der Waals surface area contributed by atoms with Crippen LogP contribution < -0.4 is 5.32 Å². The molecule has 0 spiro atoms. The van der Waals surface area contributed by atoms with E-state index in [-0.39, 0.29) is 11.8 Å². The molecule has 0 heterocycles. The molecule has 0 aromatic carbocycles. The van der Waals surface area contributed by atoms with Crippen molar-refractivity contribution in [2.75, 3.05) is 7.05 Å². The highest BCUT2D eigenvalue weighted by atomic mass is 16.1. The minimum Gasteiger partial charge on any atom is -0.310 e. The molecule has 0 unspecified atom stereocenters. The molecule has 70 valence electrons. The van der Waals surface area contributed by atoms with Crippen LogP contribution in [0.3, 0.4) is 0 Å². The normalized spacial score (nSPS) is 13.1. The summed E-state index contributed by atoms with van der Waals surface area (Å²) < 4.78 is 0. The third-order valence-corrected chi connectivity index (χ3v) is 1.79. The van der Waals surface area contributed by atoms with Crippen LogP contribution in [0.15, 0.2) is 12.2 Å². The highest BCUT2D eigenvalue weighted by Crippen LogP contribution is 2.08. The predicted octanol–water partition coefficient (Wildman–Crippen LogP) is 1.77. The molecule has 0 aliphatic rings. The van der Waals surface area contributed by atoms with Gasteiger partial charge in [0.15, 0.2) is 5.78 Å². The molecule has 0 aliphatic carbocycles. The van der Waals surface area contributed by atoms with Gasteiger partial charge in [0.25, 0.3) is 0 Å². The standard InChI is InChI=1S/C10H19NO/c1-7(2)6-9(11-5)10(12)8(3)4/h7,9,11H,3,6H2,1-2,4-5H3/t9-/m1/s1. The van der Waals surface area contributed by atoms with Gasteiger partial charge in [-0.15, -0.1) is 0 Å². The number of Topliss-reactive ketones (excluding diaryl/α,β-unsaturated/α-hetero) is 1. The summed E-state index contributed by atoms with van der Waals surface area (Å²) in [7, 11) is 1.81. The first-order valence-corrected chi connectivity index (χ1v) is 4.36. The Balaban J connectivity index is 4.15. The Kier molecular flexibility index (Phi) is 4.83. The van der Waals surface area contributed by atoms with Crippen LogP contribution in [-0.2, 0) is 4.79 Å². The second kappa shape index (κ2) is 5.09. The van der Waals surface area contributed by atoms with Gasteiger partial charge in [0, 0.05) is 0 Å². The second-order valence-corrected chi connectivity index (χ2v) is 3.62. The lowest BCUT2D eigenvalue weighted by Crippen LogP contribution is -2.35. The Morgan fingerprint density at radius 2 is 2.00 bits per heavy atom. The van der Waals surface area contributed by atoms with Gasteiger partial charge in [0.1, 0.15) is 0 Å². The fourth-order valence-electron chi connectivity index (χ4n) is 1.12. The van der Waals surface area contributed by atoms with Crippen LogP contribution in [0.1, 0.15) is 27.2 Å². The molecule has 12 heavy (non-hydrogen) atoms. The van der Waals surface area contributed by atoms with E-state index in [1.807, 2.05) is 7.05 Å². The summed E-state index contributed by atoms with van der Waals surface area (Å²) in [5, 5.41) is 3.00. The Bertz CT molecular complexity index is 173. The summed E-state index contributed by atoms with van der Waals surface area (Å²) in [6, 6.07) is -0.0532. The molecule has 0 saturated carbocycles. The van der Waals surface area contributed by atoms with E-state index in [4.69, 9.17) is 0 Å². The molecule has 0 bridgehead atoms. The minimum atomic E-state index is -0.0532. The molecule has 0 saturated heterocycles. The Labute approximate surface area is 75.0 Å². The average Bonchev–Trinajstić information content (AvgIpc) is 1.98. The third-order valence-electron chi connectivity index (χ3n) is 1.79. The number of rotatable bonds is 5. The van der Waals surface area contributed by atoms with Gasteiger partial charge in [-0.1, -0.05) is 20.4 Å². The molecule has 0 aromatic rings. The molecule has 0 radical (unpaired) electrons. The van der Waals surface area contributed by atoms with E-state index >= 15 is 0 Å². The zero-order valence-electron chi connectivity index (χ0n) is 8.48. The highest BCUT2D eigenvalue weighted by molar-refractivity contribution is 5.98. The van der Waals surface area contributed by atoms with Gasteiger partial charge in [-0.3, -0.25) is 4.79 Å². The van der Waals surface area contributed by atoms with Crippen LogP contribution in [0.25, 0.3) is 0 Å². The summed E-state index contributed by atoms with van der Waals surface area (Å²) in [5.41, 5.74) is 0.634. The lowest BCUT2D eigenvalue weighted by molar-refractivity contribution is -0.117. The van der Waals surface area contributed by atoms with Crippen molar-refractivity contribution < 1.29 is 4.79 Å². The minimum absolute atomic E-state index is 0.0532. The molecular formula is C10H19NO. The third kappa shape index (κ3) is 3.67. The number of carbonyl (C=O) groups is 1. The molecule has 1 atom stereocenters. The van der Waals surface area contributed by atoms with Crippen LogP contribution in [0.4, 0.5) is 0 Å². The number of hydrogen-bond acceptors (Lipinski definition) is 2. The number of carbonyl (C=O) groups excluding carboxylic acids is 1. The van der Waals surface area contributed by atoms with Crippen LogP contribution in [0.5, 0.6) is 0 Å². The molecular weight excluding hydrogens is 150 g/mol. The number of hydrogen-bond donors (Lipinski definition) is 1. The van der Waals surface area contributed by atoms with Crippen molar-refractivity contribution >= 4 is 5.78 Å². The highest BCUT2D eigenvalue weighted by Gasteiger charge is 2.17. The van der Waals surface area contributed by atoms with E-state index in [2.05, 4.69) is 25.7 Å². The molecule has 0 aromatic heterocycles. The molecule has 0 aliphatic heterocycles. The average molecular weight is 169 g/mol. The summed E-state index contributed by atoms with van der Waals surface area (Å²) in [5.74, 6) is 0.664. The first-order valence-electron chi connectivity index (χ1n) is 4.36. The van der Waals surface area contributed by atoms with Crippen molar-refractivity contribution in [3.63, 3.8) is 0 Å². The van der Waals surface area contributed by atoms with Gasteiger partial charge in [0.2, 0.25) is 0 Å². The molecule has 1 N–H and O–H groups in total. The zero-order chi connectivity index (χ0) is 9.72. The van der Waals surface area contributed by atoms with Crippen LogP contribution in [0, 0.1) is 5.92 Å². The second-order valence-electron chi connectivity index (χ2n) is 3.62. The SMILES string of the molecule is C=C(C)C(=O)[C@@H](CC(C)C)NC. The number of ketones is 1. The van der Waals surface area contributed by atoms with E-state index in [1.54, 1.807) is 6.92 Å². The van der Waals surface area contributed by atoms with Gasteiger partial charge in [-0.05, 0) is 31.9 Å². The Morgan fingerprint density at radius 3 is 2.25 bits per heavy atom. The van der Waals surface area contributed by atoms with Crippen LogP contribution in [0.2, 0.25) is 0 Å². The fraction of sp³-hybridized carbons (Fsp3) is 0.700. The van der Waals surface area contributed by atoms with Crippen molar-refractivity contribution in [3.8, 4) is 0 Å². The predicted molar refractivity (Wildman–Crippen MR) is 52.1 cm³/mol. The van der Waals surface area contributed by atoms with E-state index in [1.165, 1.54) is 0 Å². The van der Waals surface area contributed by atoms with Crippen molar-refractivity contribution in [2.45, 2.75) is 33.2 Å². The van der Waals surface area contributed by atoms with Crippen molar-refractivity contribution in [1.82, 2.24) is 5.32 Å². The molecule has 0 rings (SSSR count). The van der Waals surface area contributed by atoms with E-state index in [0.29, 0.717) is 11.5 Å². The lowest BCUT2D eigenvalue weighted by atomic mass is 9.97. The van der Waals surface area contributed by atoms with Crippen molar-refractivity contribution in [3.05, 3.63) is 12.2 Å². The van der Waals surface area contributed by atoms with Crippen LogP contribution >= 0.6 is 0 Å². The van der Waals surface area contributed by atoms with E-state index in [0.717, 1.165) is 6.42 Å².